The Morgan fingerprint density at radius 3 is 1.79 bits per heavy atom. The van der Waals surface area contributed by atoms with Crippen LogP contribution in [0, 0.1) is 0 Å². The van der Waals surface area contributed by atoms with Crippen molar-refractivity contribution in [2.45, 2.75) is 24.7 Å². The zero-order valence-corrected chi connectivity index (χ0v) is 26.7. The highest BCUT2D eigenvalue weighted by Gasteiger charge is 2.41. The van der Waals surface area contributed by atoms with Gasteiger partial charge >= 0.3 is 5.97 Å². The van der Waals surface area contributed by atoms with Gasteiger partial charge in [0.15, 0.2) is 0 Å². The second kappa shape index (κ2) is 20.9. The van der Waals surface area contributed by atoms with Crippen LogP contribution in [0.5, 0.6) is 11.5 Å². The first-order valence-corrected chi connectivity index (χ1v) is 14.5. The third-order valence-corrected chi connectivity index (χ3v) is 6.88. The van der Waals surface area contributed by atoms with Gasteiger partial charge in [-0.2, -0.15) is 0 Å². The van der Waals surface area contributed by atoms with Gasteiger partial charge < -0.3 is 28.8 Å². The van der Waals surface area contributed by atoms with Gasteiger partial charge in [-0.15, -0.1) is 0 Å². The first-order valence-electron chi connectivity index (χ1n) is 14.5. The average Bonchev–Trinajstić information content (AvgIpc) is 3.77. The van der Waals surface area contributed by atoms with Crippen molar-refractivity contribution < 1.29 is 48.0 Å². The third kappa shape index (κ3) is 11.7. The molecule has 248 valence electrons. The van der Waals surface area contributed by atoms with Crippen molar-refractivity contribution >= 4 is 46.4 Å². The number of ether oxygens (including phenoxy) is 5. The zero-order chi connectivity index (χ0) is 34.6. The second-order valence-corrected chi connectivity index (χ2v) is 9.74. The molecule has 10 heteroatoms. The van der Waals surface area contributed by atoms with E-state index < -0.39 is 5.97 Å². The molecule has 2 heterocycles. The minimum atomic E-state index is -0.492. The number of carbonyl (C=O) groups excluding carboxylic acids is 4. The van der Waals surface area contributed by atoms with Crippen LogP contribution >= 0.6 is 0 Å². The first kappa shape index (κ1) is 38.2. The molecule has 0 spiro atoms. The molecule has 0 bridgehead atoms. The molecule has 6 rings (SSSR count). The smallest absolute Gasteiger partial charge is 0.335 e. The highest BCUT2D eigenvalue weighted by molar-refractivity contribution is 5.91. The molecule has 0 amide bonds. The number of aliphatic hydroxyl groups excluding tert-OH is 1. The lowest BCUT2D eigenvalue weighted by Gasteiger charge is -2.12. The number of hydrogen-bond donors (Lipinski definition) is 1. The molecule has 1 N–H and O–H groups in total. The quantitative estimate of drug-likeness (QED) is 0.118. The highest BCUT2D eigenvalue weighted by atomic mass is 16.6. The molecule has 2 saturated heterocycles. The van der Waals surface area contributed by atoms with Crippen molar-refractivity contribution in [1.29, 1.82) is 0 Å². The summed E-state index contributed by atoms with van der Waals surface area (Å²) in [5.74, 6) is 0.798. The summed E-state index contributed by atoms with van der Waals surface area (Å²) in [5, 5.41) is 11.0. The number of fused-ring (bicyclic) bond motifs is 3. The number of carbonyl (C=O) groups is 4. The normalized spacial score (nSPS) is 16.9. The van der Waals surface area contributed by atoms with Crippen LogP contribution in [0.2, 0.25) is 0 Å². The fourth-order valence-electron chi connectivity index (χ4n) is 4.61. The van der Waals surface area contributed by atoms with Crippen LogP contribution < -0.4 is 9.47 Å². The largest absolute Gasteiger partial charge is 0.497 e. The van der Waals surface area contributed by atoms with E-state index in [2.05, 4.69) is 13.2 Å². The Kier molecular flexibility index (Phi) is 17.0. The van der Waals surface area contributed by atoms with Crippen molar-refractivity contribution in [3.05, 3.63) is 109 Å². The van der Waals surface area contributed by atoms with Crippen molar-refractivity contribution in [3.8, 4) is 11.5 Å². The zero-order valence-electron chi connectivity index (χ0n) is 26.7. The number of benzene rings is 4. The maximum absolute atomic E-state index is 11.0. The molecule has 0 saturated carbocycles. The summed E-state index contributed by atoms with van der Waals surface area (Å²) in [5.41, 5.74) is 1.32. The van der Waals surface area contributed by atoms with E-state index in [9.17, 15) is 14.4 Å². The molecule has 3 unspecified atom stereocenters. The molecule has 3 atom stereocenters. The summed E-state index contributed by atoms with van der Waals surface area (Å²) >= 11 is 0. The SMILES string of the molecule is C=CC(=O)Oc1ccc2cc(C=O)ccc2c1.C=CC=O.CO.COC1COC2CCOC12.COc1ccc2cc(C=O)ccc2c1. The lowest BCUT2D eigenvalue weighted by Crippen LogP contribution is -2.28. The molecule has 47 heavy (non-hydrogen) atoms. The van der Waals surface area contributed by atoms with Crippen molar-refractivity contribution in [2.75, 3.05) is 34.5 Å². The van der Waals surface area contributed by atoms with Gasteiger partial charge in [-0.25, -0.2) is 4.79 Å². The number of methoxy groups -OCH3 is 2. The van der Waals surface area contributed by atoms with E-state index in [1.165, 1.54) is 6.08 Å². The monoisotopic (exact) mass is 644 g/mol. The van der Waals surface area contributed by atoms with Crippen molar-refractivity contribution in [3.63, 3.8) is 0 Å². The van der Waals surface area contributed by atoms with Crippen LogP contribution in [0.1, 0.15) is 27.1 Å². The van der Waals surface area contributed by atoms with Gasteiger partial charge in [0.1, 0.15) is 42.6 Å². The fourth-order valence-corrected chi connectivity index (χ4v) is 4.61. The molecule has 0 aliphatic carbocycles. The predicted molar refractivity (Wildman–Crippen MR) is 180 cm³/mol. The third-order valence-electron chi connectivity index (χ3n) is 6.88. The number of allylic oxidation sites excluding steroid dienone is 1. The molecular weight excluding hydrogens is 604 g/mol. The second-order valence-electron chi connectivity index (χ2n) is 9.74. The molecule has 4 aromatic carbocycles. The average molecular weight is 645 g/mol. The lowest BCUT2D eigenvalue weighted by atomic mass is 10.1. The summed E-state index contributed by atoms with van der Waals surface area (Å²) in [6.45, 7) is 7.97. The summed E-state index contributed by atoms with van der Waals surface area (Å²) < 4.78 is 26.1. The van der Waals surface area contributed by atoms with Crippen molar-refractivity contribution in [2.24, 2.45) is 0 Å². The number of aliphatic hydroxyl groups is 1. The Labute approximate surface area is 274 Å². The number of esters is 1. The lowest BCUT2D eigenvalue weighted by molar-refractivity contribution is -0.128. The first-order chi connectivity index (χ1) is 22.9. The molecule has 10 nitrogen and oxygen atoms in total. The van der Waals surface area contributed by atoms with E-state index in [0.29, 0.717) is 35.9 Å². The van der Waals surface area contributed by atoms with Crippen LogP contribution in [0.4, 0.5) is 0 Å². The van der Waals surface area contributed by atoms with Gasteiger partial charge in [0.05, 0.1) is 19.8 Å². The van der Waals surface area contributed by atoms with Crippen LogP contribution in [-0.2, 0) is 23.8 Å². The van der Waals surface area contributed by atoms with Crippen LogP contribution in [0.25, 0.3) is 21.5 Å². The van der Waals surface area contributed by atoms with Gasteiger partial charge in [-0.3, -0.25) is 14.4 Å². The minimum Gasteiger partial charge on any atom is -0.497 e. The standard InChI is InChI=1S/C14H10O3.C12H10O2.C7H12O3.C3H4O.CH4O/c1-2-14(16)17-13-6-5-11-7-10(9-15)3-4-12(11)8-13;1-14-12-5-4-10-6-9(8-13)2-3-11(10)7-12;1-8-6-4-10-5-2-3-9-7(5)6;1-2-3-4;1-2/h2-9H,1H2;2-8H,1H3;5-7H,2-4H2,1H3;2-3H,1H2;2H,1H3. The predicted octanol–water partition coefficient (Wildman–Crippen LogP) is 5.57. The van der Waals surface area contributed by atoms with E-state index >= 15 is 0 Å². The van der Waals surface area contributed by atoms with E-state index in [0.717, 1.165) is 66.1 Å². The molecule has 0 aromatic heterocycles. The van der Waals surface area contributed by atoms with Gasteiger partial charge in [-0.05, 0) is 70.4 Å². The molecule has 4 aromatic rings. The van der Waals surface area contributed by atoms with Gasteiger partial charge in [0.2, 0.25) is 0 Å². The van der Waals surface area contributed by atoms with E-state index in [-0.39, 0.29) is 12.2 Å². The Bertz CT molecular complexity index is 1620. The van der Waals surface area contributed by atoms with E-state index in [1.54, 1.807) is 50.6 Å². The van der Waals surface area contributed by atoms with Crippen molar-refractivity contribution in [1.82, 2.24) is 0 Å². The summed E-state index contributed by atoms with van der Waals surface area (Å²) in [4.78, 5) is 41.3. The minimum absolute atomic E-state index is 0.174. The summed E-state index contributed by atoms with van der Waals surface area (Å²) in [6, 6.07) is 21.9. The summed E-state index contributed by atoms with van der Waals surface area (Å²) in [7, 11) is 4.35. The van der Waals surface area contributed by atoms with Crippen LogP contribution in [0.15, 0.2) is 98.1 Å². The Morgan fingerprint density at radius 1 is 0.787 bits per heavy atom. The molecular formula is C37H40O10. The van der Waals surface area contributed by atoms with Gasteiger partial charge in [-0.1, -0.05) is 49.6 Å². The molecule has 2 aliphatic heterocycles. The fraction of sp³-hybridized carbons (Fsp3) is 0.243. The molecule has 0 radical (unpaired) electrons. The van der Waals surface area contributed by atoms with E-state index in [1.807, 2.05) is 36.4 Å². The maximum atomic E-state index is 11.0. The molecule has 2 fully saturated rings. The van der Waals surface area contributed by atoms with Gasteiger partial charge in [0.25, 0.3) is 0 Å². The topological polar surface area (TPSA) is 135 Å². The molecule has 2 aliphatic rings. The highest BCUT2D eigenvalue weighted by Crippen LogP contribution is 2.27. The number of hydrogen-bond acceptors (Lipinski definition) is 10. The van der Waals surface area contributed by atoms with Crippen LogP contribution in [-0.4, -0.2) is 82.8 Å². The van der Waals surface area contributed by atoms with Crippen LogP contribution in [0.3, 0.4) is 0 Å². The van der Waals surface area contributed by atoms with E-state index in [4.69, 9.17) is 33.6 Å². The number of rotatable bonds is 7. The van der Waals surface area contributed by atoms with Gasteiger partial charge in [0, 0.05) is 38.0 Å². The summed E-state index contributed by atoms with van der Waals surface area (Å²) in [6.07, 6.45) is 6.32. The number of aldehydes is 3. The Balaban J connectivity index is 0.000000231. The maximum Gasteiger partial charge on any atom is 0.335 e. The Morgan fingerprint density at radius 2 is 1.30 bits per heavy atom. The Hall–Kier alpha value is -5.00.